The fourth-order valence-corrected chi connectivity index (χ4v) is 0. The maximum atomic E-state index is 0. The minimum atomic E-state index is 0. The molecule has 0 aromatic carbocycles. The first kappa shape index (κ1) is 41.5. The summed E-state index contributed by atoms with van der Waals surface area (Å²) in [6, 6.07) is 0. The number of hydrogen-bond donors (Lipinski definition) is 0. The summed E-state index contributed by atoms with van der Waals surface area (Å²) in [4.78, 5) is 0. The molecule has 0 rings (SSSR count). The molecule has 0 heterocycles. The van der Waals surface area contributed by atoms with Crippen molar-refractivity contribution in [2.75, 3.05) is 0 Å². The largest absolute Gasteiger partial charge is 3.00 e. The summed E-state index contributed by atoms with van der Waals surface area (Å²) in [5.74, 6) is 0. The molecule has 0 saturated carbocycles. The minimum absolute atomic E-state index is 0. The van der Waals surface area contributed by atoms with Gasteiger partial charge in [-0.25, -0.2) is 0 Å². The Morgan fingerprint density at radius 2 is 0.750 bits per heavy atom. The van der Waals surface area contributed by atoms with Gasteiger partial charge in [0.05, 0.1) is 0 Å². The summed E-state index contributed by atoms with van der Waals surface area (Å²) < 4.78 is 0. The first-order chi connectivity index (χ1) is 0. The maximum absolute atomic E-state index is 0. The second kappa shape index (κ2) is 21.5. The predicted octanol–water partition coefficient (Wildman–Crippen LogP) is -3.23. The van der Waals surface area contributed by atoms with E-state index in [4.69, 9.17) is 0 Å². The molecule has 0 aliphatic carbocycles. The molecule has 0 atom stereocenters. The molecule has 0 aliphatic heterocycles. The zero-order valence-electron chi connectivity index (χ0n) is 2.13. The maximum Gasteiger partial charge on any atom is 3.00 e. The first-order valence-electron chi connectivity index (χ1n) is 0. The third-order valence-corrected chi connectivity index (χ3v) is 0. The van der Waals surface area contributed by atoms with Crippen molar-refractivity contribution < 1.29 is 68.0 Å². The fraction of sp³-hybridized carbons (Fsp3) is 0. The van der Waals surface area contributed by atoms with Gasteiger partial charge in [0.25, 0.3) is 0 Å². The van der Waals surface area contributed by atoms with E-state index in [0.29, 0.717) is 0 Å². The van der Waals surface area contributed by atoms with Gasteiger partial charge in [0.1, 0.15) is 0 Å². The van der Waals surface area contributed by atoms with Gasteiger partial charge < -0.3 is 11.0 Å². The van der Waals surface area contributed by atoms with E-state index in [-0.39, 0.29) is 68.0 Å². The van der Waals surface area contributed by atoms with Crippen LogP contribution in [0.15, 0.2) is 0 Å². The molecular formula is DyLiO2. The quantitative estimate of drug-likeness (QED) is 0.370. The number of hydrogen-bond acceptors (Lipinski definition) is 0. The van der Waals surface area contributed by atoms with Gasteiger partial charge in [-0.05, 0) is 0 Å². The van der Waals surface area contributed by atoms with E-state index in [9.17, 15) is 0 Å². The molecular weight excluding hydrogens is 201 g/mol. The van der Waals surface area contributed by atoms with Crippen molar-refractivity contribution >= 4 is 0 Å². The van der Waals surface area contributed by atoms with Crippen molar-refractivity contribution in [3.05, 3.63) is 0 Å². The average Bonchev–Trinajstić information content (AvgIpc) is 0. The Labute approximate surface area is 67.2 Å². The second-order valence-electron chi connectivity index (χ2n) is 0. The predicted molar refractivity (Wildman–Crippen MR) is 1.37 cm³/mol. The number of rotatable bonds is 0. The standard InChI is InChI=1S/Dy.Li.2O/q+3;+1;2*-2. The van der Waals surface area contributed by atoms with Crippen LogP contribution in [-0.4, -0.2) is 0 Å². The normalized spacial score (nSPS) is 0. The Balaban J connectivity index is 0. The van der Waals surface area contributed by atoms with E-state index in [2.05, 4.69) is 0 Å². The molecule has 0 unspecified atom stereocenters. The molecule has 4 heavy (non-hydrogen) atoms. The van der Waals surface area contributed by atoms with E-state index in [1.54, 1.807) is 0 Å². The molecule has 1 radical (unpaired) electrons. The molecule has 23 valence electrons. The third kappa shape index (κ3) is 9.21. The Bertz CT molecular complexity index is 6.00. The van der Waals surface area contributed by atoms with Crippen LogP contribution in [0.4, 0.5) is 0 Å². The van der Waals surface area contributed by atoms with E-state index in [0.717, 1.165) is 0 Å². The molecule has 0 N–H and O–H groups in total. The molecule has 4 heteroatoms. The van der Waals surface area contributed by atoms with Crippen LogP contribution in [0.1, 0.15) is 0 Å². The van der Waals surface area contributed by atoms with Crippen LogP contribution in [0.2, 0.25) is 0 Å². The first-order valence-corrected chi connectivity index (χ1v) is 0. The SMILES string of the molecule is [Dy+3].[Li+].[O-2].[O-2]. The van der Waals surface area contributed by atoms with Crippen LogP contribution in [0.5, 0.6) is 0 Å². The van der Waals surface area contributed by atoms with Gasteiger partial charge in [0.15, 0.2) is 0 Å². The van der Waals surface area contributed by atoms with Crippen molar-refractivity contribution in [3.8, 4) is 0 Å². The molecule has 0 aromatic heterocycles. The molecule has 0 aromatic rings. The zero-order chi connectivity index (χ0) is 0. The third-order valence-electron chi connectivity index (χ3n) is 0. The van der Waals surface area contributed by atoms with E-state index >= 15 is 0 Å². The summed E-state index contributed by atoms with van der Waals surface area (Å²) in [6.45, 7) is 0. The Morgan fingerprint density at radius 3 is 0.750 bits per heavy atom. The van der Waals surface area contributed by atoms with Crippen molar-refractivity contribution in [2.45, 2.75) is 0 Å². The minimum Gasteiger partial charge on any atom is -2.00 e. The summed E-state index contributed by atoms with van der Waals surface area (Å²) in [5, 5.41) is 0. The van der Waals surface area contributed by atoms with Gasteiger partial charge in [-0.2, -0.15) is 0 Å². The molecule has 2 nitrogen and oxygen atoms in total. The molecule has 0 aliphatic rings. The summed E-state index contributed by atoms with van der Waals surface area (Å²) in [6.07, 6.45) is 0. The van der Waals surface area contributed by atoms with Crippen molar-refractivity contribution in [3.63, 3.8) is 0 Å². The van der Waals surface area contributed by atoms with Crippen LogP contribution < -0.4 is 18.9 Å². The van der Waals surface area contributed by atoms with Crippen molar-refractivity contribution in [2.24, 2.45) is 0 Å². The van der Waals surface area contributed by atoms with Gasteiger partial charge in [-0.15, -0.1) is 0 Å². The van der Waals surface area contributed by atoms with Gasteiger partial charge in [0, 0.05) is 0 Å². The van der Waals surface area contributed by atoms with Gasteiger partial charge in [-0.3, -0.25) is 0 Å². The Hall–Kier alpha value is 1.79. The molecule has 0 spiro atoms. The zero-order valence-corrected chi connectivity index (χ0v) is 4.16. The van der Waals surface area contributed by atoms with Crippen molar-refractivity contribution in [1.29, 1.82) is 0 Å². The Kier molecular flexibility index (Phi) is 223. The van der Waals surface area contributed by atoms with Crippen LogP contribution in [0, 0.1) is 38.2 Å². The second-order valence-corrected chi connectivity index (χ2v) is 0. The van der Waals surface area contributed by atoms with E-state index < -0.39 is 0 Å². The van der Waals surface area contributed by atoms with Crippen molar-refractivity contribution in [1.82, 2.24) is 0 Å². The van der Waals surface area contributed by atoms with Crippen LogP contribution in [-0.2, 0) is 11.0 Å². The summed E-state index contributed by atoms with van der Waals surface area (Å²) >= 11 is 0. The van der Waals surface area contributed by atoms with Crippen LogP contribution in [0.25, 0.3) is 0 Å². The van der Waals surface area contributed by atoms with Crippen LogP contribution in [0.3, 0.4) is 0 Å². The monoisotopic (exact) mass is 203 g/mol. The Morgan fingerprint density at radius 1 is 0.750 bits per heavy atom. The average molecular weight is 201 g/mol. The molecule has 0 fully saturated rings. The molecule has 0 bridgehead atoms. The summed E-state index contributed by atoms with van der Waals surface area (Å²) in [7, 11) is 0. The van der Waals surface area contributed by atoms with E-state index in [1.807, 2.05) is 0 Å². The smallest absolute Gasteiger partial charge is 2.00 e. The fourth-order valence-electron chi connectivity index (χ4n) is 0. The van der Waals surface area contributed by atoms with Gasteiger partial charge >= 0.3 is 57.0 Å². The molecule has 0 amide bonds. The van der Waals surface area contributed by atoms with E-state index in [1.165, 1.54) is 0 Å². The van der Waals surface area contributed by atoms with Gasteiger partial charge in [-0.1, -0.05) is 0 Å². The van der Waals surface area contributed by atoms with Gasteiger partial charge in [0.2, 0.25) is 0 Å². The molecule has 0 saturated heterocycles. The summed E-state index contributed by atoms with van der Waals surface area (Å²) in [5.41, 5.74) is 0. The van der Waals surface area contributed by atoms with Crippen LogP contribution >= 0.6 is 0 Å². The topological polar surface area (TPSA) is 57.0 Å².